The largest absolute Gasteiger partial charge is 0.325 e. The number of hydrogen-bond acceptors (Lipinski definition) is 5. The van der Waals surface area contributed by atoms with Crippen LogP contribution < -0.4 is 10.9 Å². The van der Waals surface area contributed by atoms with Gasteiger partial charge in [-0.2, -0.15) is 5.10 Å². The maximum atomic E-state index is 12.6. The van der Waals surface area contributed by atoms with E-state index >= 15 is 0 Å². The van der Waals surface area contributed by atoms with Gasteiger partial charge in [-0.3, -0.25) is 18.8 Å². The molecule has 0 atom stereocenters. The lowest BCUT2D eigenvalue weighted by Crippen LogP contribution is -2.22. The van der Waals surface area contributed by atoms with Crippen molar-refractivity contribution in [3.63, 3.8) is 0 Å². The zero-order valence-electron chi connectivity index (χ0n) is 16.6. The smallest absolute Gasteiger partial charge is 0.261 e. The number of anilines is 1. The number of fused-ring (bicyclic) bond motifs is 2. The van der Waals surface area contributed by atoms with Crippen LogP contribution >= 0.6 is 0 Å². The van der Waals surface area contributed by atoms with E-state index in [4.69, 9.17) is 0 Å². The molecule has 0 aliphatic rings. The molecule has 3 aromatic heterocycles. The van der Waals surface area contributed by atoms with Crippen molar-refractivity contribution in [3.8, 4) is 0 Å². The van der Waals surface area contributed by atoms with Gasteiger partial charge < -0.3 is 5.32 Å². The summed E-state index contributed by atoms with van der Waals surface area (Å²) in [5.41, 5.74) is 3.89. The van der Waals surface area contributed by atoms with Crippen molar-refractivity contribution in [1.29, 1.82) is 0 Å². The zero-order valence-corrected chi connectivity index (χ0v) is 16.6. The summed E-state index contributed by atoms with van der Waals surface area (Å²) in [4.78, 5) is 33.7. The Morgan fingerprint density at radius 2 is 2.00 bits per heavy atom. The topological polar surface area (TPSA) is 94.7 Å². The summed E-state index contributed by atoms with van der Waals surface area (Å²) in [7, 11) is 1.84. The summed E-state index contributed by atoms with van der Waals surface area (Å²) in [6.45, 7) is 4.28. The van der Waals surface area contributed by atoms with Gasteiger partial charge in [0.05, 0.1) is 34.8 Å². The lowest BCUT2D eigenvalue weighted by molar-refractivity contribution is -0.116. The summed E-state index contributed by atoms with van der Waals surface area (Å²) in [6, 6.07) is 7.45. The van der Waals surface area contributed by atoms with Gasteiger partial charge in [-0.05, 0) is 38.0 Å². The van der Waals surface area contributed by atoms with Crippen molar-refractivity contribution < 1.29 is 4.79 Å². The molecule has 0 fully saturated rings. The number of rotatable bonds is 5. The van der Waals surface area contributed by atoms with Crippen LogP contribution in [0.25, 0.3) is 21.9 Å². The number of carbonyl (C=O) groups is 1. The molecule has 0 bridgehead atoms. The lowest BCUT2D eigenvalue weighted by atomic mass is 10.1. The maximum absolute atomic E-state index is 12.6. The average Bonchev–Trinajstić information content (AvgIpc) is 2.97. The van der Waals surface area contributed by atoms with Gasteiger partial charge in [-0.1, -0.05) is 12.1 Å². The Labute approximate surface area is 167 Å². The Morgan fingerprint density at radius 1 is 1.17 bits per heavy atom. The number of hydrogen-bond donors (Lipinski definition) is 1. The summed E-state index contributed by atoms with van der Waals surface area (Å²) in [5, 5.41) is 8.71. The molecule has 8 nitrogen and oxygen atoms in total. The van der Waals surface area contributed by atoms with Crippen molar-refractivity contribution in [2.45, 2.75) is 33.2 Å². The molecule has 3 heterocycles. The predicted octanol–water partition coefficient (Wildman–Crippen LogP) is 2.71. The molecule has 0 saturated carbocycles. The van der Waals surface area contributed by atoms with Crippen molar-refractivity contribution in [2.75, 3.05) is 5.32 Å². The van der Waals surface area contributed by atoms with Crippen LogP contribution in [-0.2, 0) is 18.4 Å². The van der Waals surface area contributed by atoms with E-state index in [1.165, 1.54) is 0 Å². The van der Waals surface area contributed by atoms with E-state index in [1.807, 2.05) is 39.1 Å². The minimum absolute atomic E-state index is 0.0826. The van der Waals surface area contributed by atoms with Crippen molar-refractivity contribution >= 4 is 33.5 Å². The van der Waals surface area contributed by atoms with Crippen LogP contribution in [0.2, 0.25) is 0 Å². The van der Waals surface area contributed by atoms with E-state index in [2.05, 4.69) is 20.4 Å². The Morgan fingerprint density at radius 3 is 2.83 bits per heavy atom. The first-order valence-electron chi connectivity index (χ1n) is 9.48. The Hall–Kier alpha value is -3.55. The van der Waals surface area contributed by atoms with Gasteiger partial charge in [-0.25, -0.2) is 9.97 Å². The monoisotopic (exact) mass is 390 g/mol. The van der Waals surface area contributed by atoms with Gasteiger partial charge in [0.2, 0.25) is 5.91 Å². The molecule has 4 aromatic rings. The molecule has 1 N–H and O–H groups in total. The van der Waals surface area contributed by atoms with Crippen molar-refractivity contribution in [3.05, 3.63) is 58.4 Å². The highest BCUT2D eigenvalue weighted by molar-refractivity contribution is 5.93. The third-order valence-corrected chi connectivity index (χ3v) is 5.00. The Balaban J connectivity index is 1.40. The van der Waals surface area contributed by atoms with Crippen LogP contribution in [0.3, 0.4) is 0 Å². The molecule has 1 amide bonds. The van der Waals surface area contributed by atoms with Crippen LogP contribution in [0.5, 0.6) is 0 Å². The fourth-order valence-corrected chi connectivity index (χ4v) is 3.51. The fraction of sp³-hybridized carbons (Fsp3) is 0.286. The normalized spacial score (nSPS) is 11.3. The lowest BCUT2D eigenvalue weighted by Gasteiger charge is -2.08. The molecule has 0 spiro atoms. The van der Waals surface area contributed by atoms with Crippen LogP contribution in [-0.4, -0.2) is 30.2 Å². The molecule has 0 unspecified atom stereocenters. The van der Waals surface area contributed by atoms with Crippen LogP contribution in [0.1, 0.15) is 24.1 Å². The summed E-state index contributed by atoms with van der Waals surface area (Å²) in [6.07, 6.45) is 4.01. The number of para-hydroxylation sites is 1. The van der Waals surface area contributed by atoms with Crippen LogP contribution in [0.15, 0.2) is 41.6 Å². The summed E-state index contributed by atoms with van der Waals surface area (Å²) >= 11 is 0. The van der Waals surface area contributed by atoms with Gasteiger partial charge >= 0.3 is 0 Å². The van der Waals surface area contributed by atoms with E-state index in [0.29, 0.717) is 30.5 Å². The maximum Gasteiger partial charge on any atom is 0.261 e. The third-order valence-electron chi connectivity index (χ3n) is 5.00. The molecular formula is C21H22N6O2. The highest BCUT2D eigenvalue weighted by Crippen LogP contribution is 2.19. The first-order chi connectivity index (χ1) is 13.9. The number of nitrogens with one attached hydrogen (secondary N) is 1. The Bertz CT molecular complexity index is 1290. The van der Waals surface area contributed by atoms with E-state index in [-0.39, 0.29) is 11.5 Å². The number of aryl methyl sites for hydroxylation is 4. The van der Waals surface area contributed by atoms with E-state index in [9.17, 15) is 9.59 Å². The number of nitrogens with zero attached hydrogens (tertiary/aromatic N) is 5. The molecule has 0 radical (unpaired) electrons. The van der Waals surface area contributed by atoms with Crippen molar-refractivity contribution in [2.24, 2.45) is 7.05 Å². The van der Waals surface area contributed by atoms with Gasteiger partial charge in [-0.15, -0.1) is 0 Å². The zero-order chi connectivity index (χ0) is 20.5. The first-order valence-corrected chi connectivity index (χ1v) is 9.48. The molecule has 0 aliphatic heterocycles. The molecule has 4 rings (SSSR count). The molecule has 1 aromatic carbocycles. The molecule has 0 aliphatic carbocycles. The quantitative estimate of drug-likeness (QED) is 0.565. The number of benzene rings is 1. The molecule has 8 heteroatoms. The minimum Gasteiger partial charge on any atom is -0.325 e. The van der Waals surface area contributed by atoms with Crippen molar-refractivity contribution in [1.82, 2.24) is 24.3 Å². The van der Waals surface area contributed by atoms with Crippen LogP contribution in [0.4, 0.5) is 5.69 Å². The van der Waals surface area contributed by atoms with E-state index < -0.39 is 0 Å². The van der Waals surface area contributed by atoms with Crippen LogP contribution in [0, 0.1) is 13.8 Å². The van der Waals surface area contributed by atoms with E-state index in [0.717, 1.165) is 27.8 Å². The molecular weight excluding hydrogens is 368 g/mol. The molecule has 0 saturated heterocycles. The third kappa shape index (κ3) is 3.61. The van der Waals surface area contributed by atoms with E-state index in [1.54, 1.807) is 27.8 Å². The first kappa shape index (κ1) is 18.8. The average molecular weight is 390 g/mol. The second-order valence-electron chi connectivity index (χ2n) is 7.17. The number of pyridine rings is 1. The standard InChI is InChI=1S/C21H22N6O2/c1-13-6-4-7-16-19(13)23-12-27(21(16)29)9-5-8-18(28)24-15-10-17-14(2)25-26(3)20(17)22-11-15/h4,6-7,10-12H,5,8-9H2,1-3H3,(H,24,28). The highest BCUT2D eigenvalue weighted by Gasteiger charge is 2.10. The second-order valence-corrected chi connectivity index (χ2v) is 7.17. The number of amides is 1. The van der Waals surface area contributed by atoms with Gasteiger partial charge in [0.25, 0.3) is 5.56 Å². The predicted molar refractivity (Wildman–Crippen MR) is 112 cm³/mol. The molecule has 148 valence electrons. The summed E-state index contributed by atoms with van der Waals surface area (Å²) in [5.74, 6) is -0.120. The Kier molecular flexibility index (Phi) is 4.84. The second kappa shape index (κ2) is 7.46. The van der Waals surface area contributed by atoms with Gasteiger partial charge in [0, 0.05) is 25.4 Å². The van der Waals surface area contributed by atoms with Gasteiger partial charge in [0.15, 0.2) is 5.65 Å². The fourth-order valence-electron chi connectivity index (χ4n) is 3.51. The highest BCUT2D eigenvalue weighted by atomic mass is 16.1. The SMILES string of the molecule is Cc1nn(C)c2ncc(NC(=O)CCCn3cnc4c(C)cccc4c3=O)cc12. The number of aromatic nitrogens is 5. The summed E-state index contributed by atoms with van der Waals surface area (Å²) < 4.78 is 3.27. The van der Waals surface area contributed by atoms with Gasteiger partial charge in [0.1, 0.15) is 0 Å². The minimum atomic E-state index is -0.120. The number of carbonyl (C=O) groups excluding carboxylic acids is 1. The molecule has 29 heavy (non-hydrogen) atoms.